The van der Waals surface area contributed by atoms with Gasteiger partial charge in [0.1, 0.15) is 0 Å². The number of carbonyl (C=O) groups is 1. The van der Waals surface area contributed by atoms with E-state index in [0.717, 1.165) is 23.7 Å². The second-order valence-electron chi connectivity index (χ2n) is 4.39. The largest absolute Gasteiger partial charge is 0.481 e. The van der Waals surface area contributed by atoms with Gasteiger partial charge in [-0.2, -0.15) is 0 Å². The molecule has 1 N–H and O–H groups in total. The van der Waals surface area contributed by atoms with Crippen molar-refractivity contribution in [3.05, 3.63) is 41.7 Å². The van der Waals surface area contributed by atoms with Gasteiger partial charge in [0, 0.05) is 12.4 Å². The molecule has 0 aliphatic rings. The first-order valence-corrected chi connectivity index (χ1v) is 7.65. The van der Waals surface area contributed by atoms with Crippen LogP contribution in [0.5, 0.6) is 0 Å². The van der Waals surface area contributed by atoms with Crippen LogP contribution in [0.1, 0.15) is 25.0 Å². The maximum atomic E-state index is 10.7. The van der Waals surface area contributed by atoms with Crippen molar-refractivity contribution in [1.29, 1.82) is 0 Å². The van der Waals surface area contributed by atoms with Gasteiger partial charge < -0.3 is 5.11 Å². The van der Waals surface area contributed by atoms with E-state index in [1.165, 1.54) is 22.9 Å². The lowest BCUT2D eigenvalue weighted by Crippen LogP contribution is -2.06. The molecule has 0 unspecified atom stereocenters. The van der Waals surface area contributed by atoms with E-state index in [1.807, 2.05) is 10.8 Å². The van der Waals surface area contributed by atoms with Gasteiger partial charge in [0.25, 0.3) is 0 Å². The fourth-order valence-corrected chi connectivity index (χ4v) is 2.90. The summed E-state index contributed by atoms with van der Waals surface area (Å²) >= 11 is 1.25. The molecular weight excluding hydrogens is 272 g/mol. The number of hydrogen-bond donors (Lipinski definition) is 1. The van der Waals surface area contributed by atoms with Crippen molar-refractivity contribution in [3.8, 4) is 5.69 Å². The van der Waals surface area contributed by atoms with E-state index in [0.29, 0.717) is 0 Å². The van der Waals surface area contributed by atoms with Gasteiger partial charge in [-0.3, -0.25) is 9.36 Å². The van der Waals surface area contributed by atoms with Crippen molar-refractivity contribution in [3.63, 3.8) is 0 Å². The van der Waals surface area contributed by atoms with Crippen LogP contribution in [0.15, 0.2) is 35.7 Å². The third-order valence-corrected chi connectivity index (χ3v) is 4.09. The highest BCUT2D eigenvalue weighted by Gasteiger charge is 2.13. The Balaban J connectivity index is 2.46. The molecule has 0 saturated carbocycles. The summed E-state index contributed by atoms with van der Waals surface area (Å²) in [6.45, 7) is 4.25. The third kappa shape index (κ3) is 3.04. The maximum Gasteiger partial charge on any atom is 0.313 e. The molecule has 0 radical (unpaired) electrons. The topological polar surface area (TPSA) is 55.1 Å². The van der Waals surface area contributed by atoms with Crippen LogP contribution in [0.25, 0.3) is 5.69 Å². The third-order valence-electron chi connectivity index (χ3n) is 3.14. The lowest BCUT2D eigenvalue weighted by molar-refractivity contribution is -0.133. The maximum absolute atomic E-state index is 10.7. The average Bonchev–Trinajstić information content (AvgIpc) is 2.92. The molecule has 0 saturated heterocycles. The molecule has 0 aliphatic carbocycles. The molecule has 106 valence electrons. The standard InChI is InChI=1S/C15H18N2O2S/c1-3-11-6-5-7-12(4-2)14(11)17-9-8-16-15(17)20-10-13(18)19/h5-9H,3-4,10H2,1-2H3,(H,18,19). The molecular formula is C15H18N2O2S. The zero-order valence-corrected chi connectivity index (χ0v) is 12.5. The minimum Gasteiger partial charge on any atom is -0.481 e. The number of hydrogen-bond acceptors (Lipinski definition) is 3. The second-order valence-corrected chi connectivity index (χ2v) is 5.34. The Hall–Kier alpha value is -1.75. The molecule has 0 aliphatic heterocycles. The summed E-state index contributed by atoms with van der Waals surface area (Å²) in [5.74, 6) is -0.809. The predicted octanol–water partition coefficient (Wildman–Crippen LogP) is 3.17. The fourth-order valence-electron chi connectivity index (χ4n) is 2.22. The SMILES string of the molecule is CCc1cccc(CC)c1-n1ccnc1SCC(=O)O. The first-order valence-electron chi connectivity index (χ1n) is 6.66. The number of carboxylic acids is 1. The number of aromatic nitrogens is 2. The van der Waals surface area contributed by atoms with Crippen LogP contribution in [0.2, 0.25) is 0 Å². The molecule has 1 aromatic carbocycles. The second kappa shape index (κ2) is 6.61. The Morgan fingerprint density at radius 2 is 1.95 bits per heavy atom. The summed E-state index contributed by atoms with van der Waals surface area (Å²) in [4.78, 5) is 15.0. The number of benzene rings is 1. The lowest BCUT2D eigenvalue weighted by Gasteiger charge is -2.15. The molecule has 1 heterocycles. The predicted molar refractivity (Wildman–Crippen MR) is 80.7 cm³/mol. The van der Waals surface area contributed by atoms with Crippen molar-refractivity contribution in [2.24, 2.45) is 0 Å². The van der Waals surface area contributed by atoms with Crippen molar-refractivity contribution in [2.75, 3.05) is 5.75 Å². The van der Waals surface area contributed by atoms with Gasteiger partial charge in [-0.25, -0.2) is 4.98 Å². The molecule has 0 spiro atoms. The minimum absolute atomic E-state index is 0.0206. The number of rotatable bonds is 6. The highest BCUT2D eigenvalue weighted by molar-refractivity contribution is 7.99. The van der Waals surface area contributed by atoms with Crippen LogP contribution in [0.4, 0.5) is 0 Å². The quantitative estimate of drug-likeness (QED) is 0.830. The molecule has 1 aromatic heterocycles. The zero-order valence-electron chi connectivity index (χ0n) is 11.7. The molecule has 0 bridgehead atoms. The van der Waals surface area contributed by atoms with Gasteiger partial charge >= 0.3 is 5.97 Å². The van der Waals surface area contributed by atoms with Gasteiger partial charge in [-0.05, 0) is 24.0 Å². The number of carboxylic acid groups (broad SMARTS) is 1. The Labute approximate surface area is 122 Å². The number of nitrogens with zero attached hydrogens (tertiary/aromatic N) is 2. The molecule has 5 heteroatoms. The fraction of sp³-hybridized carbons (Fsp3) is 0.333. The summed E-state index contributed by atoms with van der Waals surface area (Å²) < 4.78 is 2.01. The number of imidazole rings is 1. The van der Waals surface area contributed by atoms with E-state index in [9.17, 15) is 4.79 Å². The molecule has 0 fully saturated rings. The lowest BCUT2D eigenvalue weighted by atomic mass is 10.0. The summed E-state index contributed by atoms with van der Waals surface area (Å²) in [6, 6.07) is 6.29. The van der Waals surface area contributed by atoms with E-state index in [-0.39, 0.29) is 5.75 Å². The number of aryl methyl sites for hydroxylation is 2. The van der Waals surface area contributed by atoms with Crippen LogP contribution in [-0.4, -0.2) is 26.4 Å². The van der Waals surface area contributed by atoms with E-state index in [4.69, 9.17) is 5.11 Å². The first kappa shape index (κ1) is 14.7. The summed E-state index contributed by atoms with van der Waals surface area (Å²) in [5.41, 5.74) is 3.64. The van der Waals surface area contributed by atoms with Crippen LogP contribution in [0, 0.1) is 0 Å². The number of para-hydroxylation sites is 1. The minimum atomic E-state index is -0.830. The van der Waals surface area contributed by atoms with Gasteiger partial charge in [0.2, 0.25) is 0 Å². The molecule has 4 nitrogen and oxygen atoms in total. The first-order chi connectivity index (χ1) is 9.67. The van der Waals surface area contributed by atoms with Crippen LogP contribution >= 0.6 is 11.8 Å². The van der Waals surface area contributed by atoms with Crippen molar-refractivity contribution in [2.45, 2.75) is 31.8 Å². The van der Waals surface area contributed by atoms with Crippen molar-refractivity contribution < 1.29 is 9.90 Å². The molecule has 0 atom stereocenters. The summed E-state index contributed by atoms with van der Waals surface area (Å²) in [6.07, 6.45) is 5.49. The number of thioether (sulfide) groups is 1. The Morgan fingerprint density at radius 1 is 1.30 bits per heavy atom. The average molecular weight is 290 g/mol. The van der Waals surface area contributed by atoms with Gasteiger partial charge in [-0.1, -0.05) is 43.8 Å². The highest BCUT2D eigenvalue weighted by Crippen LogP contribution is 2.26. The summed E-state index contributed by atoms with van der Waals surface area (Å²) in [5, 5.41) is 9.54. The normalized spacial score (nSPS) is 10.7. The summed E-state index contributed by atoms with van der Waals surface area (Å²) in [7, 11) is 0. The smallest absolute Gasteiger partial charge is 0.313 e. The Kier molecular flexibility index (Phi) is 4.84. The highest BCUT2D eigenvalue weighted by atomic mass is 32.2. The van der Waals surface area contributed by atoms with E-state index < -0.39 is 5.97 Å². The van der Waals surface area contributed by atoms with Crippen molar-refractivity contribution >= 4 is 17.7 Å². The Bertz CT molecular complexity index is 585. The monoisotopic (exact) mass is 290 g/mol. The van der Waals surface area contributed by atoms with Crippen molar-refractivity contribution in [1.82, 2.24) is 9.55 Å². The van der Waals surface area contributed by atoms with Crippen LogP contribution < -0.4 is 0 Å². The zero-order chi connectivity index (χ0) is 14.5. The molecule has 2 aromatic rings. The van der Waals surface area contributed by atoms with E-state index in [2.05, 4.69) is 37.0 Å². The number of aliphatic carboxylic acids is 1. The Morgan fingerprint density at radius 3 is 2.50 bits per heavy atom. The van der Waals surface area contributed by atoms with E-state index in [1.54, 1.807) is 6.20 Å². The van der Waals surface area contributed by atoms with E-state index >= 15 is 0 Å². The molecule has 2 rings (SSSR count). The van der Waals surface area contributed by atoms with Gasteiger partial charge in [0.15, 0.2) is 5.16 Å². The van der Waals surface area contributed by atoms with Gasteiger partial charge in [0.05, 0.1) is 11.4 Å². The van der Waals surface area contributed by atoms with Crippen LogP contribution in [0.3, 0.4) is 0 Å². The van der Waals surface area contributed by atoms with Gasteiger partial charge in [-0.15, -0.1) is 0 Å². The molecule has 20 heavy (non-hydrogen) atoms. The molecule has 0 amide bonds. The van der Waals surface area contributed by atoms with Crippen LogP contribution in [-0.2, 0) is 17.6 Å².